The topological polar surface area (TPSA) is 92.6 Å². The van der Waals surface area contributed by atoms with Crippen LogP contribution >= 0.6 is 0 Å². The molecule has 0 atom stereocenters. The van der Waals surface area contributed by atoms with Gasteiger partial charge in [0, 0.05) is 23.1 Å². The Bertz CT molecular complexity index is 1000. The summed E-state index contributed by atoms with van der Waals surface area (Å²) in [5.74, 6) is 0.445. The van der Waals surface area contributed by atoms with Crippen molar-refractivity contribution >= 4 is 28.9 Å². The molecule has 3 N–H and O–H groups in total. The molecule has 3 aromatic rings. The fourth-order valence-electron chi connectivity index (χ4n) is 3.08. The molecule has 32 heavy (non-hydrogen) atoms. The highest BCUT2D eigenvalue weighted by atomic mass is 16.5. The second-order valence-corrected chi connectivity index (χ2v) is 7.35. The quantitative estimate of drug-likeness (QED) is 0.325. The summed E-state index contributed by atoms with van der Waals surface area (Å²) in [5, 5.41) is 8.66. The lowest BCUT2D eigenvalue weighted by Crippen LogP contribution is -2.21. The predicted octanol–water partition coefficient (Wildman–Crippen LogP) is 5.54. The molecule has 0 saturated heterocycles. The molecule has 0 aliphatic carbocycles. The number of anilines is 3. The van der Waals surface area contributed by atoms with E-state index in [4.69, 9.17) is 9.15 Å². The van der Waals surface area contributed by atoms with Crippen molar-refractivity contribution in [2.75, 3.05) is 29.1 Å². The summed E-state index contributed by atoms with van der Waals surface area (Å²) in [6.45, 7) is 2.98. The van der Waals surface area contributed by atoms with Gasteiger partial charge in [0.05, 0.1) is 19.4 Å². The summed E-state index contributed by atoms with van der Waals surface area (Å²) in [7, 11) is 0. The molecule has 2 amide bonds. The third-order valence-electron chi connectivity index (χ3n) is 4.70. The number of amides is 2. The number of furan rings is 1. The SMILES string of the molecule is CCCCCCOc1cccc(NCC(=O)Nc2cccc(NC(=O)c3ccco3)c2)c1. The van der Waals surface area contributed by atoms with Gasteiger partial charge in [-0.15, -0.1) is 0 Å². The maximum absolute atomic E-state index is 12.4. The monoisotopic (exact) mass is 435 g/mol. The lowest BCUT2D eigenvalue weighted by atomic mass is 10.2. The molecule has 0 fully saturated rings. The van der Waals surface area contributed by atoms with Crippen molar-refractivity contribution in [2.24, 2.45) is 0 Å². The summed E-state index contributed by atoms with van der Waals surface area (Å²) in [6, 6.07) is 17.7. The fraction of sp³-hybridized carbons (Fsp3) is 0.280. The van der Waals surface area contributed by atoms with Crippen molar-refractivity contribution in [1.29, 1.82) is 0 Å². The first-order chi connectivity index (χ1) is 15.6. The van der Waals surface area contributed by atoms with Gasteiger partial charge in [0.1, 0.15) is 5.75 Å². The Labute approximate surface area is 188 Å². The van der Waals surface area contributed by atoms with Crippen LogP contribution in [-0.4, -0.2) is 25.0 Å². The number of hydrogen-bond donors (Lipinski definition) is 3. The zero-order valence-corrected chi connectivity index (χ0v) is 18.2. The van der Waals surface area contributed by atoms with Crippen molar-refractivity contribution < 1.29 is 18.7 Å². The van der Waals surface area contributed by atoms with E-state index in [9.17, 15) is 9.59 Å². The first kappa shape index (κ1) is 22.9. The van der Waals surface area contributed by atoms with Gasteiger partial charge in [0.25, 0.3) is 5.91 Å². The molecule has 0 aliphatic heterocycles. The Balaban J connectivity index is 1.46. The van der Waals surface area contributed by atoms with Crippen LogP contribution in [0.2, 0.25) is 0 Å². The van der Waals surface area contributed by atoms with E-state index in [1.807, 2.05) is 24.3 Å². The number of rotatable bonds is 12. The first-order valence-corrected chi connectivity index (χ1v) is 10.9. The molecule has 0 saturated carbocycles. The third-order valence-corrected chi connectivity index (χ3v) is 4.70. The van der Waals surface area contributed by atoms with Crippen molar-refractivity contribution in [1.82, 2.24) is 0 Å². The van der Waals surface area contributed by atoms with Crippen LogP contribution in [0, 0.1) is 0 Å². The second-order valence-electron chi connectivity index (χ2n) is 7.35. The van der Waals surface area contributed by atoms with Crippen LogP contribution < -0.4 is 20.7 Å². The number of carbonyl (C=O) groups excluding carboxylic acids is 2. The maximum Gasteiger partial charge on any atom is 0.291 e. The number of hydrogen-bond acceptors (Lipinski definition) is 5. The van der Waals surface area contributed by atoms with Gasteiger partial charge in [-0.25, -0.2) is 0 Å². The van der Waals surface area contributed by atoms with Crippen molar-refractivity contribution in [3.8, 4) is 5.75 Å². The van der Waals surface area contributed by atoms with E-state index in [0.717, 1.165) is 17.9 Å². The van der Waals surface area contributed by atoms with E-state index >= 15 is 0 Å². The van der Waals surface area contributed by atoms with Gasteiger partial charge in [-0.2, -0.15) is 0 Å². The van der Waals surface area contributed by atoms with Gasteiger partial charge < -0.3 is 25.1 Å². The molecular formula is C25H29N3O4. The minimum absolute atomic E-state index is 0.100. The molecule has 168 valence electrons. The summed E-state index contributed by atoms with van der Waals surface area (Å²) in [4.78, 5) is 24.5. The van der Waals surface area contributed by atoms with E-state index in [1.54, 1.807) is 36.4 Å². The van der Waals surface area contributed by atoms with Crippen LogP contribution in [0.25, 0.3) is 0 Å². The zero-order chi connectivity index (χ0) is 22.6. The smallest absolute Gasteiger partial charge is 0.291 e. The number of unbranched alkanes of at least 4 members (excludes halogenated alkanes) is 3. The largest absolute Gasteiger partial charge is 0.494 e. The van der Waals surface area contributed by atoms with Crippen LogP contribution in [0.4, 0.5) is 17.1 Å². The molecule has 0 unspecified atom stereocenters. The van der Waals surface area contributed by atoms with E-state index in [1.165, 1.54) is 25.5 Å². The number of benzene rings is 2. The summed E-state index contributed by atoms with van der Waals surface area (Å²) in [6.07, 6.45) is 6.07. The van der Waals surface area contributed by atoms with Crippen LogP contribution in [-0.2, 0) is 4.79 Å². The molecule has 0 radical (unpaired) electrons. The molecule has 7 heteroatoms. The Kier molecular flexibility index (Phi) is 8.74. The Morgan fingerprint density at radius 1 is 0.875 bits per heavy atom. The van der Waals surface area contributed by atoms with E-state index in [-0.39, 0.29) is 24.1 Å². The van der Waals surface area contributed by atoms with Crippen molar-refractivity contribution in [2.45, 2.75) is 32.6 Å². The number of ether oxygens (including phenoxy) is 1. The first-order valence-electron chi connectivity index (χ1n) is 10.9. The number of nitrogens with one attached hydrogen (secondary N) is 3. The lowest BCUT2D eigenvalue weighted by Gasteiger charge is -2.11. The minimum atomic E-state index is -0.354. The zero-order valence-electron chi connectivity index (χ0n) is 18.2. The molecule has 3 rings (SSSR count). The molecule has 1 heterocycles. The van der Waals surface area contributed by atoms with Gasteiger partial charge in [0.15, 0.2) is 5.76 Å². The Morgan fingerprint density at radius 3 is 2.44 bits per heavy atom. The van der Waals surface area contributed by atoms with Crippen LogP contribution in [0.5, 0.6) is 5.75 Å². The summed E-state index contributed by atoms with van der Waals surface area (Å²) >= 11 is 0. The van der Waals surface area contributed by atoms with Crippen molar-refractivity contribution in [3.05, 3.63) is 72.7 Å². The molecular weight excluding hydrogens is 406 g/mol. The molecule has 0 aliphatic rings. The Hall–Kier alpha value is -3.74. The van der Waals surface area contributed by atoms with E-state index < -0.39 is 0 Å². The average molecular weight is 436 g/mol. The van der Waals surface area contributed by atoms with Crippen LogP contribution in [0.15, 0.2) is 71.3 Å². The summed E-state index contributed by atoms with van der Waals surface area (Å²) in [5.41, 5.74) is 1.95. The third kappa shape index (κ3) is 7.50. The van der Waals surface area contributed by atoms with Gasteiger partial charge >= 0.3 is 0 Å². The molecule has 7 nitrogen and oxygen atoms in total. The van der Waals surface area contributed by atoms with Gasteiger partial charge in [-0.3, -0.25) is 9.59 Å². The van der Waals surface area contributed by atoms with Gasteiger partial charge in [0.2, 0.25) is 5.91 Å². The fourth-order valence-corrected chi connectivity index (χ4v) is 3.08. The highest BCUT2D eigenvalue weighted by Gasteiger charge is 2.09. The molecule has 0 bridgehead atoms. The molecule has 0 spiro atoms. The average Bonchev–Trinajstić information content (AvgIpc) is 3.33. The van der Waals surface area contributed by atoms with Gasteiger partial charge in [-0.05, 0) is 48.9 Å². The number of carbonyl (C=O) groups is 2. The molecule has 1 aromatic heterocycles. The highest BCUT2D eigenvalue weighted by Crippen LogP contribution is 2.19. The standard InChI is InChI=1S/C25H29N3O4/c1-2-3-4-5-14-31-22-12-7-9-19(17-22)26-18-24(29)27-20-10-6-11-21(16-20)28-25(30)23-13-8-15-32-23/h6-13,15-17,26H,2-5,14,18H2,1H3,(H,27,29)(H,28,30). The second kappa shape index (κ2) is 12.2. The summed E-state index contributed by atoms with van der Waals surface area (Å²) < 4.78 is 10.9. The minimum Gasteiger partial charge on any atom is -0.494 e. The highest BCUT2D eigenvalue weighted by molar-refractivity contribution is 6.02. The maximum atomic E-state index is 12.4. The van der Waals surface area contributed by atoms with Gasteiger partial charge in [-0.1, -0.05) is 38.3 Å². The van der Waals surface area contributed by atoms with Crippen LogP contribution in [0.1, 0.15) is 43.2 Å². The molecule has 2 aromatic carbocycles. The Morgan fingerprint density at radius 2 is 1.66 bits per heavy atom. The van der Waals surface area contributed by atoms with Crippen LogP contribution in [0.3, 0.4) is 0 Å². The van der Waals surface area contributed by atoms with Crippen molar-refractivity contribution in [3.63, 3.8) is 0 Å². The predicted molar refractivity (Wildman–Crippen MR) is 126 cm³/mol. The van der Waals surface area contributed by atoms with E-state index in [2.05, 4.69) is 22.9 Å². The lowest BCUT2D eigenvalue weighted by molar-refractivity contribution is -0.114. The van der Waals surface area contributed by atoms with E-state index in [0.29, 0.717) is 18.0 Å². The normalized spacial score (nSPS) is 10.4.